The number of hydrogen-bond donors (Lipinski definition) is 0. The van der Waals surface area contributed by atoms with E-state index in [1.54, 1.807) is 27.7 Å². The zero-order chi connectivity index (χ0) is 13.7. The molecule has 0 bridgehead atoms. The van der Waals surface area contributed by atoms with Crippen molar-refractivity contribution < 1.29 is 19.1 Å². The molecular formula is C14H22O4. The van der Waals surface area contributed by atoms with Crippen molar-refractivity contribution in [1.82, 2.24) is 0 Å². The Labute approximate surface area is 108 Å². The molecule has 1 rings (SSSR count). The minimum Gasteiger partial charge on any atom is -0.463 e. The molecule has 2 unspecified atom stereocenters. The Morgan fingerprint density at radius 3 is 1.50 bits per heavy atom. The largest absolute Gasteiger partial charge is 0.463 e. The van der Waals surface area contributed by atoms with Crippen LogP contribution < -0.4 is 0 Å². The van der Waals surface area contributed by atoms with Crippen molar-refractivity contribution in [3.05, 3.63) is 12.2 Å². The van der Waals surface area contributed by atoms with E-state index in [9.17, 15) is 9.59 Å². The molecular weight excluding hydrogens is 232 g/mol. The zero-order valence-electron chi connectivity index (χ0n) is 11.5. The predicted octanol–water partition coefficient (Wildman–Crippen LogP) is 2.47. The first-order valence-corrected chi connectivity index (χ1v) is 6.47. The third-order valence-electron chi connectivity index (χ3n) is 2.74. The van der Waals surface area contributed by atoms with Crippen LogP contribution in [-0.2, 0) is 19.1 Å². The van der Waals surface area contributed by atoms with Gasteiger partial charge >= 0.3 is 11.9 Å². The third-order valence-corrected chi connectivity index (χ3v) is 2.74. The topological polar surface area (TPSA) is 52.6 Å². The van der Waals surface area contributed by atoms with Gasteiger partial charge in [-0.15, -0.1) is 0 Å². The average Bonchev–Trinajstić information content (AvgIpc) is 2.27. The first kappa shape index (κ1) is 14.7. The maximum Gasteiger partial charge on any atom is 0.310 e. The Morgan fingerprint density at radius 1 is 0.889 bits per heavy atom. The molecule has 18 heavy (non-hydrogen) atoms. The van der Waals surface area contributed by atoms with Gasteiger partial charge < -0.3 is 9.47 Å². The summed E-state index contributed by atoms with van der Waals surface area (Å²) in [7, 11) is 0. The van der Waals surface area contributed by atoms with Gasteiger partial charge in [-0.05, 0) is 40.5 Å². The van der Waals surface area contributed by atoms with E-state index in [4.69, 9.17) is 9.47 Å². The molecule has 4 heteroatoms. The Hall–Kier alpha value is -1.32. The van der Waals surface area contributed by atoms with E-state index >= 15 is 0 Å². The van der Waals surface area contributed by atoms with Gasteiger partial charge in [0.2, 0.25) is 0 Å². The Bertz CT molecular complexity index is 299. The summed E-state index contributed by atoms with van der Waals surface area (Å²) in [5, 5.41) is 0. The summed E-state index contributed by atoms with van der Waals surface area (Å²) in [6.45, 7) is 7.21. The first-order chi connectivity index (χ1) is 8.41. The van der Waals surface area contributed by atoms with Crippen LogP contribution in [0.25, 0.3) is 0 Å². The molecule has 0 aromatic rings. The molecule has 0 aromatic carbocycles. The molecule has 1 aliphatic carbocycles. The quantitative estimate of drug-likeness (QED) is 0.571. The highest BCUT2D eigenvalue weighted by Gasteiger charge is 2.36. The van der Waals surface area contributed by atoms with Gasteiger partial charge in [-0.25, -0.2) is 0 Å². The van der Waals surface area contributed by atoms with Crippen LogP contribution in [0.3, 0.4) is 0 Å². The first-order valence-electron chi connectivity index (χ1n) is 6.47. The van der Waals surface area contributed by atoms with Gasteiger partial charge in [0.1, 0.15) is 0 Å². The minimum absolute atomic E-state index is 0.162. The molecule has 0 saturated carbocycles. The standard InChI is InChI=1S/C14H22O4/c1-9(2)17-13(15)11-7-5-6-8-12(11)14(16)18-10(3)4/h5-6,9-12H,7-8H2,1-4H3. The number of carbonyl (C=O) groups is 2. The lowest BCUT2D eigenvalue weighted by Crippen LogP contribution is -2.35. The maximum absolute atomic E-state index is 11.9. The fraction of sp³-hybridized carbons (Fsp3) is 0.714. The van der Waals surface area contributed by atoms with Crippen molar-refractivity contribution in [3.8, 4) is 0 Å². The van der Waals surface area contributed by atoms with Crippen LogP contribution >= 0.6 is 0 Å². The van der Waals surface area contributed by atoms with Crippen molar-refractivity contribution in [1.29, 1.82) is 0 Å². The van der Waals surface area contributed by atoms with Crippen LogP contribution in [0.2, 0.25) is 0 Å². The van der Waals surface area contributed by atoms with Gasteiger partial charge in [-0.3, -0.25) is 9.59 Å². The molecule has 2 atom stereocenters. The molecule has 102 valence electrons. The molecule has 0 amide bonds. The second kappa shape index (κ2) is 6.57. The molecule has 0 fully saturated rings. The van der Waals surface area contributed by atoms with Gasteiger partial charge in [-0.2, -0.15) is 0 Å². The Balaban J connectivity index is 2.71. The molecule has 0 aromatic heterocycles. The summed E-state index contributed by atoms with van der Waals surface area (Å²) in [5.74, 6) is -1.44. The van der Waals surface area contributed by atoms with Gasteiger partial charge in [0, 0.05) is 0 Å². The van der Waals surface area contributed by atoms with E-state index < -0.39 is 11.8 Å². The fourth-order valence-electron chi connectivity index (χ4n) is 1.97. The molecule has 1 aliphatic rings. The van der Waals surface area contributed by atoms with Crippen molar-refractivity contribution in [2.75, 3.05) is 0 Å². The number of carbonyl (C=O) groups excluding carboxylic acids is 2. The van der Waals surface area contributed by atoms with Crippen molar-refractivity contribution >= 4 is 11.9 Å². The molecule has 0 aliphatic heterocycles. The number of allylic oxidation sites excluding steroid dienone is 2. The van der Waals surface area contributed by atoms with E-state index in [-0.39, 0.29) is 24.1 Å². The van der Waals surface area contributed by atoms with E-state index in [2.05, 4.69) is 0 Å². The lowest BCUT2D eigenvalue weighted by Gasteiger charge is -2.26. The lowest BCUT2D eigenvalue weighted by atomic mass is 9.83. The Kier molecular flexibility index (Phi) is 5.38. The predicted molar refractivity (Wildman–Crippen MR) is 67.8 cm³/mol. The average molecular weight is 254 g/mol. The van der Waals surface area contributed by atoms with E-state index in [1.165, 1.54) is 0 Å². The number of ether oxygens (including phenoxy) is 2. The van der Waals surface area contributed by atoms with E-state index in [0.29, 0.717) is 12.8 Å². The molecule has 0 heterocycles. The summed E-state index contributed by atoms with van der Waals surface area (Å²) in [5.41, 5.74) is 0. The summed E-state index contributed by atoms with van der Waals surface area (Å²) < 4.78 is 10.4. The van der Waals surface area contributed by atoms with Crippen LogP contribution in [-0.4, -0.2) is 24.1 Å². The number of hydrogen-bond acceptors (Lipinski definition) is 4. The SMILES string of the molecule is CC(C)OC(=O)C1CC=CCC1C(=O)OC(C)C. The zero-order valence-corrected chi connectivity index (χ0v) is 11.5. The fourth-order valence-corrected chi connectivity index (χ4v) is 1.97. The van der Waals surface area contributed by atoms with Crippen LogP contribution in [0.5, 0.6) is 0 Å². The van der Waals surface area contributed by atoms with Crippen LogP contribution in [0.4, 0.5) is 0 Å². The highest BCUT2D eigenvalue weighted by Crippen LogP contribution is 2.28. The third kappa shape index (κ3) is 4.17. The molecule has 0 radical (unpaired) electrons. The molecule has 4 nitrogen and oxygen atoms in total. The highest BCUT2D eigenvalue weighted by molar-refractivity contribution is 5.82. The minimum atomic E-state index is -0.413. The van der Waals surface area contributed by atoms with Crippen molar-refractivity contribution in [2.24, 2.45) is 11.8 Å². The van der Waals surface area contributed by atoms with E-state index in [0.717, 1.165) is 0 Å². The van der Waals surface area contributed by atoms with Crippen LogP contribution in [0, 0.1) is 11.8 Å². The highest BCUT2D eigenvalue weighted by atomic mass is 16.6. The van der Waals surface area contributed by atoms with E-state index in [1.807, 2.05) is 12.2 Å². The summed E-state index contributed by atoms with van der Waals surface area (Å²) in [6, 6.07) is 0. The number of esters is 2. The lowest BCUT2D eigenvalue weighted by molar-refractivity contribution is -0.165. The van der Waals surface area contributed by atoms with Gasteiger partial charge in [0.15, 0.2) is 0 Å². The molecule has 0 N–H and O–H groups in total. The second-order valence-corrected chi connectivity index (χ2v) is 5.13. The number of rotatable bonds is 4. The van der Waals surface area contributed by atoms with Crippen LogP contribution in [0.1, 0.15) is 40.5 Å². The van der Waals surface area contributed by atoms with Gasteiger partial charge in [0.05, 0.1) is 24.0 Å². The Morgan fingerprint density at radius 2 is 1.22 bits per heavy atom. The van der Waals surface area contributed by atoms with Crippen molar-refractivity contribution in [2.45, 2.75) is 52.7 Å². The monoisotopic (exact) mass is 254 g/mol. The molecule has 0 saturated heterocycles. The van der Waals surface area contributed by atoms with Gasteiger partial charge in [-0.1, -0.05) is 12.2 Å². The van der Waals surface area contributed by atoms with Crippen LogP contribution in [0.15, 0.2) is 12.2 Å². The van der Waals surface area contributed by atoms with Gasteiger partial charge in [0.25, 0.3) is 0 Å². The smallest absolute Gasteiger partial charge is 0.310 e. The normalized spacial score (nSPS) is 23.2. The summed E-state index contributed by atoms with van der Waals surface area (Å²) >= 11 is 0. The molecule has 0 spiro atoms. The van der Waals surface area contributed by atoms with Crippen molar-refractivity contribution in [3.63, 3.8) is 0 Å². The second-order valence-electron chi connectivity index (χ2n) is 5.13. The summed E-state index contributed by atoms with van der Waals surface area (Å²) in [6.07, 6.45) is 4.61. The maximum atomic E-state index is 11.9. The summed E-state index contributed by atoms with van der Waals surface area (Å²) in [4.78, 5) is 23.9.